The van der Waals surface area contributed by atoms with E-state index in [0.717, 1.165) is 29.0 Å². The van der Waals surface area contributed by atoms with Gasteiger partial charge in [-0.15, -0.1) is 0 Å². The number of hydrogen-bond donors (Lipinski definition) is 2. The van der Waals surface area contributed by atoms with Gasteiger partial charge in [0.05, 0.1) is 14.2 Å². The number of nitrogens with one attached hydrogen (secondary N) is 1. The van der Waals surface area contributed by atoms with E-state index in [1.807, 2.05) is 73.7 Å². The van der Waals surface area contributed by atoms with Crippen LogP contribution in [0.2, 0.25) is 0 Å². The first kappa shape index (κ1) is 27.5. The topological polar surface area (TPSA) is 103 Å². The van der Waals surface area contributed by atoms with Gasteiger partial charge in [-0.05, 0) is 60.9 Å². The summed E-state index contributed by atoms with van der Waals surface area (Å²) in [5.74, 6) is -0.719. The maximum Gasteiger partial charge on any atom is 0.417 e. The number of hydrogen-bond acceptors (Lipinski definition) is 7. The van der Waals surface area contributed by atoms with Crippen LogP contribution in [0.1, 0.15) is 30.4 Å². The number of carbonyl (C=O) groups excluding carboxylic acids is 1. The molecule has 8 nitrogen and oxygen atoms in total. The van der Waals surface area contributed by atoms with Crippen molar-refractivity contribution in [1.29, 1.82) is 0 Å². The molecule has 0 saturated heterocycles. The highest BCUT2D eigenvalue weighted by Gasteiger charge is 2.23. The van der Waals surface area contributed by atoms with Gasteiger partial charge in [-0.3, -0.25) is 0 Å². The highest BCUT2D eigenvalue weighted by molar-refractivity contribution is 6.28. The summed E-state index contributed by atoms with van der Waals surface area (Å²) in [6.45, 7) is 2.28. The van der Waals surface area contributed by atoms with Crippen LogP contribution in [0, 0.1) is 0 Å². The predicted molar refractivity (Wildman–Crippen MR) is 139 cm³/mol. The minimum Gasteiger partial charge on any atom is -0.497 e. The van der Waals surface area contributed by atoms with E-state index in [0.29, 0.717) is 5.75 Å². The molecular formula is C29H33NO7. The van der Waals surface area contributed by atoms with E-state index in [1.165, 1.54) is 0 Å². The van der Waals surface area contributed by atoms with Gasteiger partial charge < -0.3 is 29.4 Å². The summed E-state index contributed by atoms with van der Waals surface area (Å²) in [7, 11) is 3.27. The number of benzene rings is 3. The first-order chi connectivity index (χ1) is 17.9. The molecular weight excluding hydrogens is 474 g/mol. The third-order valence-corrected chi connectivity index (χ3v) is 5.95. The van der Waals surface area contributed by atoms with Gasteiger partial charge in [0, 0.05) is 18.5 Å². The van der Waals surface area contributed by atoms with E-state index in [1.54, 1.807) is 26.4 Å². The van der Waals surface area contributed by atoms with E-state index in [2.05, 4.69) is 5.32 Å². The number of aliphatic carboxylic acids is 1. The Kier molecular flexibility index (Phi) is 10.3. The van der Waals surface area contributed by atoms with Gasteiger partial charge in [-0.1, -0.05) is 42.5 Å². The molecule has 0 fully saturated rings. The molecule has 0 radical (unpaired) electrons. The third-order valence-electron chi connectivity index (χ3n) is 5.95. The molecule has 8 heteroatoms. The first-order valence-corrected chi connectivity index (χ1v) is 12.0. The molecule has 0 amide bonds. The van der Waals surface area contributed by atoms with Gasteiger partial charge in [-0.25, -0.2) is 9.59 Å². The summed E-state index contributed by atoms with van der Waals surface area (Å²) in [6, 6.07) is 25.0. The van der Waals surface area contributed by atoms with Crippen molar-refractivity contribution in [3.8, 4) is 17.2 Å². The van der Waals surface area contributed by atoms with Crippen molar-refractivity contribution in [2.24, 2.45) is 0 Å². The number of ether oxygens (including phenoxy) is 4. The molecule has 0 unspecified atom stereocenters. The Bertz CT molecular complexity index is 1070. The summed E-state index contributed by atoms with van der Waals surface area (Å²) < 4.78 is 21.5. The van der Waals surface area contributed by atoms with Gasteiger partial charge in [0.1, 0.15) is 30.0 Å². The Labute approximate surface area is 217 Å². The van der Waals surface area contributed by atoms with E-state index in [4.69, 9.17) is 24.1 Å². The van der Waals surface area contributed by atoms with Gasteiger partial charge in [0.25, 0.3) is 0 Å². The highest BCUT2D eigenvalue weighted by atomic mass is 16.6. The lowest BCUT2D eigenvalue weighted by Crippen LogP contribution is -2.41. The Hall–Kier alpha value is -4.04. The summed E-state index contributed by atoms with van der Waals surface area (Å²) in [5, 5.41) is 12.4. The van der Waals surface area contributed by atoms with Crippen LogP contribution >= 0.6 is 0 Å². The molecule has 3 aromatic carbocycles. The van der Waals surface area contributed by atoms with Gasteiger partial charge in [0.15, 0.2) is 0 Å². The molecule has 0 bridgehead atoms. The quantitative estimate of drug-likeness (QED) is 0.261. The minimum absolute atomic E-state index is 0.00282. The van der Waals surface area contributed by atoms with Gasteiger partial charge >= 0.3 is 11.9 Å². The standard InChI is InChI=1S/C29H33NO7/c1-20(30-18-26(37-29(33)28(31)32)19-36-25-7-5-4-6-8-25)17-27(21-9-13-23(34-2)14-10-21)22-11-15-24(35-3)16-12-22/h4-16,20,26-27,30H,17-19H2,1-3H3,(H,31,32)/t20-,26-/m0/s1. The lowest BCUT2D eigenvalue weighted by Gasteiger charge is -2.25. The average molecular weight is 508 g/mol. The van der Waals surface area contributed by atoms with E-state index < -0.39 is 18.0 Å². The maximum atomic E-state index is 11.7. The molecule has 0 heterocycles. The smallest absolute Gasteiger partial charge is 0.417 e. The second-order valence-electron chi connectivity index (χ2n) is 8.60. The minimum atomic E-state index is -1.64. The lowest BCUT2D eigenvalue weighted by atomic mass is 9.86. The van der Waals surface area contributed by atoms with E-state index >= 15 is 0 Å². The van der Waals surface area contributed by atoms with Crippen LogP contribution in [0.4, 0.5) is 0 Å². The summed E-state index contributed by atoms with van der Waals surface area (Å²) >= 11 is 0. The number of carboxylic acid groups (broad SMARTS) is 1. The number of esters is 1. The molecule has 0 saturated carbocycles. The van der Waals surface area contributed by atoms with Crippen LogP contribution in [-0.4, -0.2) is 56.6 Å². The van der Waals surface area contributed by atoms with Crippen molar-refractivity contribution in [1.82, 2.24) is 5.32 Å². The summed E-state index contributed by atoms with van der Waals surface area (Å²) in [4.78, 5) is 22.8. The zero-order chi connectivity index (χ0) is 26.6. The molecule has 2 atom stereocenters. The fraction of sp³-hybridized carbons (Fsp3) is 0.310. The molecule has 0 aliphatic rings. The first-order valence-electron chi connectivity index (χ1n) is 12.0. The van der Waals surface area contributed by atoms with Gasteiger partial charge in [-0.2, -0.15) is 0 Å². The SMILES string of the molecule is COc1ccc(C(C[C@H](C)NC[C@@H](COc2ccccc2)OC(=O)C(=O)O)c2ccc(OC)cc2)cc1. The third kappa shape index (κ3) is 8.54. The van der Waals surface area contributed by atoms with Crippen molar-refractivity contribution >= 4 is 11.9 Å². The van der Waals surface area contributed by atoms with Gasteiger partial charge in [0.2, 0.25) is 0 Å². The number of carbonyl (C=O) groups is 2. The fourth-order valence-electron chi connectivity index (χ4n) is 3.95. The Morgan fingerprint density at radius 2 is 1.35 bits per heavy atom. The number of rotatable bonds is 13. The van der Waals surface area contributed by atoms with Crippen molar-refractivity contribution in [2.45, 2.75) is 31.4 Å². The Balaban J connectivity index is 1.70. The second kappa shape index (κ2) is 13.9. The molecule has 37 heavy (non-hydrogen) atoms. The van der Waals surface area contributed by atoms with Crippen molar-refractivity contribution in [3.63, 3.8) is 0 Å². The van der Waals surface area contributed by atoms with E-state index in [9.17, 15) is 9.59 Å². The van der Waals surface area contributed by atoms with Crippen LogP contribution in [0.25, 0.3) is 0 Å². The van der Waals surface area contributed by atoms with Crippen LogP contribution in [-0.2, 0) is 14.3 Å². The van der Waals surface area contributed by atoms with Crippen LogP contribution in [0.15, 0.2) is 78.9 Å². The van der Waals surface area contributed by atoms with Crippen LogP contribution in [0.5, 0.6) is 17.2 Å². The predicted octanol–water partition coefficient (Wildman–Crippen LogP) is 4.28. The number of carboxylic acids is 1. The maximum absolute atomic E-state index is 11.7. The zero-order valence-electron chi connectivity index (χ0n) is 21.3. The molecule has 3 rings (SSSR count). The largest absolute Gasteiger partial charge is 0.497 e. The number of para-hydroxylation sites is 1. The Morgan fingerprint density at radius 1 is 0.811 bits per heavy atom. The fourth-order valence-corrected chi connectivity index (χ4v) is 3.95. The normalized spacial score (nSPS) is 12.4. The monoisotopic (exact) mass is 507 g/mol. The van der Waals surface area contributed by atoms with Crippen molar-refractivity contribution in [3.05, 3.63) is 90.0 Å². The highest BCUT2D eigenvalue weighted by Crippen LogP contribution is 2.31. The lowest BCUT2D eigenvalue weighted by molar-refractivity contribution is -0.168. The molecule has 0 aliphatic carbocycles. The Morgan fingerprint density at radius 3 is 1.84 bits per heavy atom. The zero-order valence-corrected chi connectivity index (χ0v) is 21.3. The van der Waals surface area contributed by atoms with Crippen LogP contribution in [0.3, 0.4) is 0 Å². The molecule has 0 aromatic heterocycles. The van der Waals surface area contributed by atoms with Crippen LogP contribution < -0.4 is 19.5 Å². The summed E-state index contributed by atoms with van der Waals surface area (Å²) in [5.41, 5.74) is 2.25. The number of methoxy groups -OCH3 is 2. The molecule has 0 aliphatic heterocycles. The van der Waals surface area contributed by atoms with E-state index in [-0.39, 0.29) is 25.1 Å². The molecule has 0 spiro atoms. The average Bonchev–Trinajstić information content (AvgIpc) is 2.93. The second-order valence-corrected chi connectivity index (χ2v) is 8.60. The van der Waals surface area contributed by atoms with Crippen molar-refractivity contribution in [2.75, 3.05) is 27.4 Å². The molecule has 196 valence electrons. The molecule has 2 N–H and O–H groups in total. The van der Waals surface area contributed by atoms with Crippen molar-refractivity contribution < 1.29 is 33.6 Å². The molecule has 3 aromatic rings. The summed E-state index contributed by atoms with van der Waals surface area (Å²) in [6.07, 6.45) is -0.0516.